The second kappa shape index (κ2) is 6.50. The number of anilines is 1. The molecule has 4 nitrogen and oxygen atoms in total. The number of para-hydroxylation sites is 1. The molecular formula is C16H16ClNO3. The maximum absolute atomic E-state index is 12.3. The summed E-state index contributed by atoms with van der Waals surface area (Å²) in [7, 11) is 3.11. The highest BCUT2D eigenvalue weighted by atomic mass is 35.5. The fourth-order valence-electron chi connectivity index (χ4n) is 2.07. The summed E-state index contributed by atoms with van der Waals surface area (Å²) in [6, 6.07) is 10.3. The number of carbonyl (C=O) groups is 1. The number of ether oxygens (including phenoxy) is 2. The molecule has 0 aromatic heterocycles. The minimum Gasteiger partial charge on any atom is -0.493 e. The predicted octanol–water partition coefficient (Wildman–Crippen LogP) is 3.36. The molecule has 0 spiro atoms. The van der Waals surface area contributed by atoms with E-state index in [1.807, 2.05) is 12.1 Å². The van der Waals surface area contributed by atoms with E-state index in [0.717, 1.165) is 5.56 Å². The van der Waals surface area contributed by atoms with Gasteiger partial charge in [0, 0.05) is 17.5 Å². The molecule has 2 N–H and O–H groups in total. The summed E-state index contributed by atoms with van der Waals surface area (Å²) in [6.07, 6.45) is 0.195. The number of rotatable bonds is 5. The lowest BCUT2D eigenvalue weighted by Crippen LogP contribution is -2.06. The van der Waals surface area contributed by atoms with Crippen molar-refractivity contribution in [1.82, 2.24) is 0 Å². The summed E-state index contributed by atoms with van der Waals surface area (Å²) in [4.78, 5) is 12.3. The van der Waals surface area contributed by atoms with Crippen LogP contribution in [-0.4, -0.2) is 20.0 Å². The lowest BCUT2D eigenvalue weighted by molar-refractivity contribution is 0.0992. The van der Waals surface area contributed by atoms with E-state index < -0.39 is 0 Å². The number of nitrogens with two attached hydrogens (primary N) is 1. The second-order valence-corrected chi connectivity index (χ2v) is 4.90. The third-order valence-electron chi connectivity index (χ3n) is 3.16. The standard InChI is InChI=1S/C16H16ClNO3/c1-20-15-5-3-4-11(16(15)21-2)9-14(19)10-6-7-13(18)12(17)8-10/h3-8H,9,18H2,1-2H3. The van der Waals surface area contributed by atoms with Crippen LogP contribution < -0.4 is 15.2 Å². The van der Waals surface area contributed by atoms with Crippen molar-refractivity contribution in [3.8, 4) is 11.5 Å². The molecular weight excluding hydrogens is 290 g/mol. The van der Waals surface area contributed by atoms with Gasteiger partial charge in [-0.15, -0.1) is 0 Å². The Bertz CT molecular complexity index is 671. The summed E-state index contributed by atoms with van der Waals surface area (Å²) in [6.45, 7) is 0. The molecule has 5 heteroatoms. The summed E-state index contributed by atoms with van der Waals surface area (Å²) in [5.74, 6) is 1.09. The highest BCUT2D eigenvalue weighted by Crippen LogP contribution is 2.31. The highest BCUT2D eigenvalue weighted by Gasteiger charge is 2.15. The van der Waals surface area contributed by atoms with E-state index in [-0.39, 0.29) is 12.2 Å². The van der Waals surface area contributed by atoms with Gasteiger partial charge < -0.3 is 15.2 Å². The number of nitrogen functional groups attached to an aromatic ring is 1. The van der Waals surface area contributed by atoms with Crippen LogP contribution in [0.3, 0.4) is 0 Å². The van der Waals surface area contributed by atoms with Crippen molar-refractivity contribution >= 4 is 23.1 Å². The number of hydrogen-bond donors (Lipinski definition) is 1. The molecule has 21 heavy (non-hydrogen) atoms. The number of benzene rings is 2. The van der Waals surface area contributed by atoms with Gasteiger partial charge in [-0.3, -0.25) is 4.79 Å². The SMILES string of the molecule is COc1cccc(CC(=O)c2ccc(N)c(Cl)c2)c1OC. The van der Waals surface area contributed by atoms with Crippen molar-refractivity contribution in [3.05, 3.63) is 52.5 Å². The lowest BCUT2D eigenvalue weighted by Gasteiger charge is -2.12. The minimum atomic E-state index is -0.0662. The number of Topliss-reactive ketones (excluding diaryl/α,β-unsaturated/α-hetero) is 1. The molecule has 0 amide bonds. The topological polar surface area (TPSA) is 61.5 Å². The number of carbonyl (C=O) groups excluding carboxylic acids is 1. The van der Waals surface area contributed by atoms with Crippen molar-refractivity contribution in [1.29, 1.82) is 0 Å². The maximum atomic E-state index is 12.3. The van der Waals surface area contributed by atoms with Crippen LogP contribution in [0.5, 0.6) is 11.5 Å². The number of halogens is 1. The van der Waals surface area contributed by atoms with E-state index >= 15 is 0 Å². The van der Waals surface area contributed by atoms with E-state index in [2.05, 4.69) is 0 Å². The van der Waals surface area contributed by atoms with E-state index in [9.17, 15) is 4.79 Å². The van der Waals surface area contributed by atoms with Crippen LogP contribution in [0.2, 0.25) is 5.02 Å². The summed E-state index contributed by atoms with van der Waals surface area (Å²) in [5.41, 5.74) is 7.37. The normalized spacial score (nSPS) is 10.2. The Hall–Kier alpha value is -2.20. The molecule has 0 aliphatic heterocycles. The van der Waals surface area contributed by atoms with Gasteiger partial charge in [0.05, 0.1) is 24.9 Å². The molecule has 0 saturated heterocycles. The van der Waals surface area contributed by atoms with E-state index in [1.165, 1.54) is 0 Å². The third kappa shape index (κ3) is 3.28. The fraction of sp³-hybridized carbons (Fsp3) is 0.188. The first-order valence-corrected chi connectivity index (χ1v) is 6.72. The maximum Gasteiger partial charge on any atom is 0.167 e. The van der Waals surface area contributed by atoms with Gasteiger partial charge in [-0.05, 0) is 24.3 Å². The first-order valence-electron chi connectivity index (χ1n) is 6.35. The molecule has 110 valence electrons. The molecule has 0 heterocycles. The van der Waals surface area contributed by atoms with Crippen LogP contribution in [0.1, 0.15) is 15.9 Å². The summed E-state index contributed by atoms with van der Waals surface area (Å²) in [5, 5.41) is 0.374. The fourth-order valence-corrected chi connectivity index (χ4v) is 2.25. The van der Waals surface area contributed by atoms with Crippen LogP contribution in [0.4, 0.5) is 5.69 Å². The van der Waals surface area contributed by atoms with Gasteiger partial charge in [0.2, 0.25) is 0 Å². The molecule has 0 saturated carbocycles. The van der Waals surface area contributed by atoms with Gasteiger partial charge in [0.25, 0.3) is 0 Å². The zero-order valence-corrected chi connectivity index (χ0v) is 12.6. The quantitative estimate of drug-likeness (QED) is 0.679. The minimum absolute atomic E-state index is 0.0662. The van der Waals surface area contributed by atoms with Crippen LogP contribution in [0.15, 0.2) is 36.4 Å². The Morgan fingerprint density at radius 1 is 1.19 bits per heavy atom. The largest absolute Gasteiger partial charge is 0.493 e. The molecule has 0 fully saturated rings. The van der Waals surface area contributed by atoms with Crippen LogP contribution in [0, 0.1) is 0 Å². The number of ketones is 1. The predicted molar refractivity (Wildman–Crippen MR) is 83.4 cm³/mol. The van der Waals surface area contributed by atoms with Crippen molar-refractivity contribution in [2.45, 2.75) is 6.42 Å². The molecule has 2 rings (SSSR count). The van der Waals surface area contributed by atoms with Gasteiger partial charge in [0.1, 0.15) is 0 Å². The Labute approximate surface area is 128 Å². The van der Waals surface area contributed by atoms with Crippen molar-refractivity contribution in [3.63, 3.8) is 0 Å². The first-order chi connectivity index (χ1) is 10.1. The van der Waals surface area contributed by atoms with Crippen molar-refractivity contribution in [2.75, 3.05) is 20.0 Å². The van der Waals surface area contributed by atoms with Crippen LogP contribution in [-0.2, 0) is 6.42 Å². The Morgan fingerprint density at radius 3 is 2.57 bits per heavy atom. The average molecular weight is 306 g/mol. The third-order valence-corrected chi connectivity index (χ3v) is 3.49. The molecule has 2 aromatic rings. The molecule has 0 atom stereocenters. The zero-order valence-electron chi connectivity index (χ0n) is 11.9. The molecule has 0 unspecified atom stereocenters. The number of methoxy groups -OCH3 is 2. The zero-order chi connectivity index (χ0) is 15.4. The van der Waals surface area contributed by atoms with Crippen LogP contribution in [0.25, 0.3) is 0 Å². The van der Waals surface area contributed by atoms with Gasteiger partial charge in [-0.2, -0.15) is 0 Å². The highest BCUT2D eigenvalue weighted by molar-refractivity contribution is 6.33. The molecule has 0 bridgehead atoms. The average Bonchev–Trinajstić information content (AvgIpc) is 2.49. The molecule has 0 aliphatic carbocycles. The Kier molecular flexibility index (Phi) is 4.70. The van der Waals surface area contributed by atoms with E-state index in [4.69, 9.17) is 26.8 Å². The first kappa shape index (κ1) is 15.2. The van der Waals surface area contributed by atoms with Crippen molar-refractivity contribution < 1.29 is 14.3 Å². The molecule has 0 radical (unpaired) electrons. The smallest absolute Gasteiger partial charge is 0.167 e. The van der Waals surface area contributed by atoms with Gasteiger partial charge in [-0.1, -0.05) is 23.7 Å². The Morgan fingerprint density at radius 2 is 1.95 bits per heavy atom. The van der Waals surface area contributed by atoms with E-state index in [0.29, 0.717) is 27.8 Å². The Balaban J connectivity index is 2.29. The summed E-state index contributed by atoms with van der Waals surface area (Å²) >= 11 is 5.95. The van der Waals surface area contributed by atoms with Gasteiger partial charge >= 0.3 is 0 Å². The van der Waals surface area contributed by atoms with E-state index in [1.54, 1.807) is 38.5 Å². The lowest BCUT2D eigenvalue weighted by atomic mass is 10.0. The van der Waals surface area contributed by atoms with Crippen molar-refractivity contribution in [2.24, 2.45) is 0 Å². The molecule has 0 aliphatic rings. The summed E-state index contributed by atoms with van der Waals surface area (Å²) < 4.78 is 10.5. The van der Waals surface area contributed by atoms with Gasteiger partial charge in [-0.25, -0.2) is 0 Å². The monoisotopic (exact) mass is 305 g/mol. The van der Waals surface area contributed by atoms with Gasteiger partial charge in [0.15, 0.2) is 17.3 Å². The number of hydrogen-bond acceptors (Lipinski definition) is 4. The second-order valence-electron chi connectivity index (χ2n) is 4.49. The molecule has 2 aromatic carbocycles. The van der Waals surface area contributed by atoms with Crippen LogP contribution >= 0.6 is 11.6 Å².